The lowest BCUT2D eigenvalue weighted by Gasteiger charge is -2.40. The van der Waals surface area contributed by atoms with Crippen LogP contribution in [-0.2, 0) is 9.59 Å². The molecule has 1 N–H and O–H groups in total. The van der Waals surface area contributed by atoms with Crippen LogP contribution in [0.1, 0.15) is 52.5 Å². The van der Waals surface area contributed by atoms with Gasteiger partial charge in [-0.2, -0.15) is 0 Å². The SMILES string of the molecule is CCCC(C)(CC)C(C)N1C(=O)C(=NC(=O)CO)c2ccccc21. The Morgan fingerprint density at radius 3 is 2.58 bits per heavy atom. The number of amides is 2. The van der Waals surface area contributed by atoms with Crippen molar-refractivity contribution in [1.82, 2.24) is 0 Å². The molecule has 5 heteroatoms. The van der Waals surface area contributed by atoms with Gasteiger partial charge in [-0.05, 0) is 31.2 Å². The standard InChI is InChI=1S/C19H26N2O3/c1-5-11-19(4,6-2)13(3)21-15-10-8-7-9-14(15)17(18(21)24)20-16(23)12-22/h7-10,13,22H,5-6,11-12H2,1-4H3. The summed E-state index contributed by atoms with van der Waals surface area (Å²) in [5, 5.41) is 8.96. The van der Waals surface area contributed by atoms with Crippen LogP contribution in [0.2, 0.25) is 0 Å². The van der Waals surface area contributed by atoms with Crippen LogP contribution < -0.4 is 4.90 Å². The highest BCUT2D eigenvalue weighted by atomic mass is 16.3. The molecule has 0 spiro atoms. The number of aliphatic hydroxyl groups excluding tert-OH is 1. The molecule has 2 atom stereocenters. The molecule has 0 bridgehead atoms. The summed E-state index contributed by atoms with van der Waals surface area (Å²) in [5.41, 5.74) is 1.56. The van der Waals surface area contributed by atoms with Gasteiger partial charge < -0.3 is 10.0 Å². The fraction of sp³-hybridized carbons (Fsp3) is 0.526. The molecule has 1 aromatic rings. The van der Waals surface area contributed by atoms with Gasteiger partial charge in [0.15, 0.2) is 0 Å². The third-order valence-corrected chi connectivity index (χ3v) is 5.24. The fourth-order valence-corrected chi connectivity index (χ4v) is 3.44. The minimum atomic E-state index is -0.700. The molecule has 1 aromatic carbocycles. The number of para-hydroxylation sites is 1. The van der Waals surface area contributed by atoms with Gasteiger partial charge in [-0.1, -0.05) is 45.4 Å². The summed E-state index contributed by atoms with van der Waals surface area (Å²) in [6.45, 7) is 7.85. The molecule has 5 nitrogen and oxygen atoms in total. The van der Waals surface area contributed by atoms with E-state index in [1.807, 2.05) is 18.2 Å². The van der Waals surface area contributed by atoms with Gasteiger partial charge in [-0.25, -0.2) is 4.99 Å². The van der Waals surface area contributed by atoms with Crippen LogP contribution in [0, 0.1) is 5.41 Å². The van der Waals surface area contributed by atoms with E-state index in [-0.39, 0.29) is 23.1 Å². The summed E-state index contributed by atoms with van der Waals surface area (Å²) >= 11 is 0. The molecule has 0 aliphatic carbocycles. The molecule has 0 fully saturated rings. The number of carbonyl (C=O) groups excluding carboxylic acids is 2. The van der Waals surface area contributed by atoms with E-state index in [9.17, 15) is 9.59 Å². The molecule has 1 aliphatic heterocycles. The highest BCUT2D eigenvalue weighted by molar-refractivity contribution is 6.55. The predicted octanol–water partition coefficient (Wildman–Crippen LogP) is 2.95. The van der Waals surface area contributed by atoms with Crippen molar-refractivity contribution >= 4 is 23.2 Å². The van der Waals surface area contributed by atoms with Crippen molar-refractivity contribution in [1.29, 1.82) is 0 Å². The third kappa shape index (κ3) is 3.13. The van der Waals surface area contributed by atoms with Crippen LogP contribution in [0.5, 0.6) is 0 Å². The molecule has 1 aliphatic rings. The van der Waals surface area contributed by atoms with E-state index >= 15 is 0 Å². The first-order valence-corrected chi connectivity index (χ1v) is 8.55. The van der Waals surface area contributed by atoms with Crippen LogP contribution >= 0.6 is 0 Å². The van der Waals surface area contributed by atoms with Crippen molar-refractivity contribution in [2.75, 3.05) is 11.5 Å². The van der Waals surface area contributed by atoms with E-state index in [0.29, 0.717) is 5.56 Å². The maximum atomic E-state index is 13.0. The molecule has 0 saturated carbocycles. The quantitative estimate of drug-likeness (QED) is 0.872. The Kier molecular flexibility index (Phi) is 5.54. The summed E-state index contributed by atoms with van der Waals surface area (Å²) in [5.74, 6) is -0.962. The zero-order valence-corrected chi connectivity index (χ0v) is 14.9. The molecule has 0 saturated heterocycles. The van der Waals surface area contributed by atoms with E-state index in [1.165, 1.54) is 0 Å². The zero-order chi connectivity index (χ0) is 17.9. The van der Waals surface area contributed by atoms with Crippen molar-refractivity contribution in [3.63, 3.8) is 0 Å². The topological polar surface area (TPSA) is 70.0 Å². The number of carbonyl (C=O) groups is 2. The van der Waals surface area contributed by atoms with Crippen LogP contribution in [-0.4, -0.2) is 35.3 Å². The number of nitrogens with zero attached hydrogens (tertiary/aromatic N) is 2. The van der Waals surface area contributed by atoms with Gasteiger partial charge in [-0.15, -0.1) is 0 Å². The maximum Gasteiger partial charge on any atom is 0.278 e. The second kappa shape index (κ2) is 7.26. The average Bonchev–Trinajstić information content (AvgIpc) is 2.86. The predicted molar refractivity (Wildman–Crippen MR) is 95.3 cm³/mol. The summed E-state index contributed by atoms with van der Waals surface area (Å²) in [4.78, 5) is 30.1. The highest BCUT2D eigenvalue weighted by Crippen LogP contribution is 2.40. The van der Waals surface area contributed by atoms with E-state index in [2.05, 4.69) is 32.7 Å². The van der Waals surface area contributed by atoms with Gasteiger partial charge in [0, 0.05) is 11.6 Å². The largest absolute Gasteiger partial charge is 0.386 e. The first-order chi connectivity index (χ1) is 11.4. The van der Waals surface area contributed by atoms with Crippen LogP contribution in [0.15, 0.2) is 29.3 Å². The van der Waals surface area contributed by atoms with Gasteiger partial charge in [0.25, 0.3) is 11.8 Å². The number of rotatable bonds is 6. The van der Waals surface area contributed by atoms with Crippen LogP contribution in [0.25, 0.3) is 0 Å². The van der Waals surface area contributed by atoms with Gasteiger partial charge in [0.1, 0.15) is 12.3 Å². The smallest absolute Gasteiger partial charge is 0.278 e. The molecule has 2 rings (SSSR count). The van der Waals surface area contributed by atoms with Crippen molar-refractivity contribution in [2.24, 2.45) is 10.4 Å². The van der Waals surface area contributed by atoms with Gasteiger partial charge in [0.05, 0.1) is 5.69 Å². The van der Waals surface area contributed by atoms with Gasteiger partial charge in [0.2, 0.25) is 0 Å². The number of hydrogen-bond acceptors (Lipinski definition) is 3. The lowest BCUT2D eigenvalue weighted by atomic mass is 9.76. The first-order valence-electron chi connectivity index (χ1n) is 8.55. The molecule has 1 heterocycles. The van der Waals surface area contributed by atoms with Crippen molar-refractivity contribution in [2.45, 2.75) is 53.0 Å². The van der Waals surface area contributed by atoms with Crippen molar-refractivity contribution in [3.8, 4) is 0 Å². The Balaban J connectivity index is 2.51. The van der Waals surface area contributed by atoms with E-state index in [0.717, 1.165) is 24.9 Å². The number of aliphatic imine (C=N–C) groups is 1. The minimum absolute atomic E-state index is 0.0199. The number of aliphatic hydroxyl groups is 1. The molecule has 2 amide bonds. The molecule has 24 heavy (non-hydrogen) atoms. The number of fused-ring (bicyclic) bond motifs is 1. The minimum Gasteiger partial charge on any atom is -0.386 e. The molecular weight excluding hydrogens is 304 g/mol. The Morgan fingerprint density at radius 2 is 2.00 bits per heavy atom. The summed E-state index contributed by atoms with van der Waals surface area (Å²) < 4.78 is 0. The van der Waals surface area contributed by atoms with Gasteiger partial charge in [-0.3, -0.25) is 9.59 Å². The summed E-state index contributed by atoms with van der Waals surface area (Å²) in [7, 11) is 0. The second-order valence-corrected chi connectivity index (χ2v) is 6.64. The van der Waals surface area contributed by atoms with E-state index in [4.69, 9.17) is 5.11 Å². The maximum absolute atomic E-state index is 13.0. The normalized spacial score (nSPS) is 19.3. The Morgan fingerprint density at radius 1 is 1.33 bits per heavy atom. The Labute approximate surface area is 143 Å². The van der Waals surface area contributed by atoms with Crippen molar-refractivity contribution in [3.05, 3.63) is 29.8 Å². The molecular formula is C19H26N2O3. The van der Waals surface area contributed by atoms with Crippen LogP contribution in [0.4, 0.5) is 5.69 Å². The number of hydrogen-bond donors (Lipinski definition) is 1. The van der Waals surface area contributed by atoms with E-state index < -0.39 is 12.5 Å². The van der Waals surface area contributed by atoms with Crippen molar-refractivity contribution < 1.29 is 14.7 Å². The van der Waals surface area contributed by atoms with Gasteiger partial charge >= 0.3 is 0 Å². The zero-order valence-electron chi connectivity index (χ0n) is 14.9. The fourth-order valence-electron chi connectivity index (χ4n) is 3.44. The first kappa shape index (κ1) is 18.3. The van der Waals surface area contributed by atoms with Crippen LogP contribution in [0.3, 0.4) is 0 Å². The molecule has 0 aromatic heterocycles. The Bertz CT molecular complexity index is 668. The van der Waals surface area contributed by atoms with E-state index in [1.54, 1.807) is 11.0 Å². The highest BCUT2D eigenvalue weighted by Gasteiger charge is 2.42. The number of anilines is 1. The molecule has 130 valence electrons. The Hall–Kier alpha value is -2.01. The number of benzene rings is 1. The monoisotopic (exact) mass is 330 g/mol. The summed E-state index contributed by atoms with van der Waals surface area (Å²) in [6.07, 6.45) is 3.01. The molecule has 0 radical (unpaired) electrons. The third-order valence-electron chi connectivity index (χ3n) is 5.24. The lowest BCUT2D eigenvalue weighted by Crippen LogP contribution is -2.47. The lowest BCUT2D eigenvalue weighted by molar-refractivity contribution is -0.121. The average molecular weight is 330 g/mol. The second-order valence-electron chi connectivity index (χ2n) is 6.64. The summed E-state index contributed by atoms with van der Waals surface area (Å²) in [6, 6.07) is 7.37. The molecule has 2 unspecified atom stereocenters.